The van der Waals surface area contributed by atoms with E-state index >= 15 is 0 Å². The van der Waals surface area contributed by atoms with Gasteiger partial charge in [-0.05, 0) is 11.1 Å². The van der Waals surface area contributed by atoms with Crippen LogP contribution in [0.4, 0.5) is 0 Å². The lowest BCUT2D eigenvalue weighted by Crippen LogP contribution is -1.99. The fourth-order valence-electron chi connectivity index (χ4n) is 0.937. The molecule has 3 heteroatoms. The molecule has 0 saturated heterocycles. The first-order chi connectivity index (χ1) is 7.63. The van der Waals surface area contributed by atoms with Crippen LogP contribution in [0.15, 0.2) is 49.6 Å². The van der Waals surface area contributed by atoms with Gasteiger partial charge in [-0.1, -0.05) is 49.6 Å². The molecule has 86 valence electrons. The van der Waals surface area contributed by atoms with E-state index in [1.165, 1.54) is 0 Å². The number of benzene rings is 1. The van der Waals surface area contributed by atoms with E-state index in [0.29, 0.717) is 0 Å². The molecule has 0 bridgehead atoms. The Kier molecular flexibility index (Phi) is 7.45. The topological polar surface area (TPSA) is 57.5 Å². The van der Waals surface area contributed by atoms with Crippen LogP contribution >= 0.6 is 0 Å². The third-order valence-electron chi connectivity index (χ3n) is 1.73. The van der Waals surface area contributed by atoms with Crippen molar-refractivity contribution < 1.29 is 15.0 Å². The van der Waals surface area contributed by atoms with Crippen molar-refractivity contribution in [2.45, 2.75) is 13.0 Å². The maximum atomic E-state index is 10.3. The van der Waals surface area contributed by atoms with E-state index in [4.69, 9.17) is 10.2 Å². The molecule has 2 N–H and O–H groups in total. The fourth-order valence-corrected chi connectivity index (χ4v) is 0.937. The summed E-state index contributed by atoms with van der Waals surface area (Å²) in [4.78, 5) is 10.3. The highest BCUT2D eigenvalue weighted by Gasteiger charge is 1.99. The first-order valence-electron chi connectivity index (χ1n) is 4.78. The molecule has 0 radical (unpaired) electrons. The van der Waals surface area contributed by atoms with Gasteiger partial charge in [-0.15, -0.1) is 0 Å². The Bertz CT molecular complexity index is 333. The zero-order valence-corrected chi connectivity index (χ0v) is 9.10. The Hall–Kier alpha value is -1.87. The highest BCUT2D eigenvalue weighted by atomic mass is 16.4. The van der Waals surface area contributed by atoms with Crippen molar-refractivity contribution in [3.8, 4) is 0 Å². The van der Waals surface area contributed by atoms with E-state index in [0.717, 1.165) is 11.1 Å². The molecule has 0 aliphatic rings. The van der Waals surface area contributed by atoms with Gasteiger partial charge in [0.2, 0.25) is 0 Å². The molecule has 0 fully saturated rings. The number of hydrogen-bond acceptors (Lipinski definition) is 2. The molecule has 0 aliphatic heterocycles. The van der Waals surface area contributed by atoms with Gasteiger partial charge in [0.15, 0.2) is 0 Å². The predicted octanol–water partition coefficient (Wildman–Crippen LogP) is 2.16. The molecule has 0 aliphatic carbocycles. The lowest BCUT2D eigenvalue weighted by Gasteiger charge is -1.98. The summed E-state index contributed by atoms with van der Waals surface area (Å²) < 4.78 is 0. The number of aliphatic hydroxyl groups excluding tert-OH is 1. The summed E-state index contributed by atoms with van der Waals surface area (Å²) in [5.74, 6) is -0.841. The zero-order valence-electron chi connectivity index (χ0n) is 9.10. The third kappa shape index (κ3) is 6.56. The van der Waals surface area contributed by atoms with Gasteiger partial charge in [0.1, 0.15) is 0 Å². The van der Waals surface area contributed by atoms with Crippen molar-refractivity contribution in [2.75, 3.05) is 0 Å². The molecular formula is C13H16O3. The number of carboxylic acids is 1. The SMILES string of the molecule is C=CC=C.O=C(O)Cc1ccc(CO)cc1. The van der Waals surface area contributed by atoms with E-state index in [2.05, 4.69) is 13.2 Å². The number of allylic oxidation sites excluding steroid dienone is 2. The highest BCUT2D eigenvalue weighted by Crippen LogP contribution is 2.04. The van der Waals surface area contributed by atoms with E-state index in [-0.39, 0.29) is 13.0 Å². The van der Waals surface area contributed by atoms with Crippen molar-refractivity contribution in [3.63, 3.8) is 0 Å². The average Bonchev–Trinajstić information content (AvgIpc) is 2.30. The Balaban J connectivity index is 0.000000487. The summed E-state index contributed by atoms with van der Waals surface area (Å²) in [5.41, 5.74) is 1.55. The normalized spacial score (nSPS) is 8.56. The van der Waals surface area contributed by atoms with Crippen LogP contribution in [0.1, 0.15) is 11.1 Å². The number of aliphatic carboxylic acids is 1. The van der Waals surface area contributed by atoms with Crippen LogP contribution in [0, 0.1) is 0 Å². The lowest BCUT2D eigenvalue weighted by molar-refractivity contribution is -0.136. The van der Waals surface area contributed by atoms with Gasteiger partial charge in [-0.3, -0.25) is 4.79 Å². The van der Waals surface area contributed by atoms with Gasteiger partial charge in [-0.25, -0.2) is 0 Å². The molecule has 0 aromatic heterocycles. The number of hydrogen-bond donors (Lipinski definition) is 2. The Morgan fingerprint density at radius 2 is 1.56 bits per heavy atom. The summed E-state index contributed by atoms with van der Waals surface area (Å²) in [6.45, 7) is 6.72. The van der Waals surface area contributed by atoms with Crippen molar-refractivity contribution in [1.29, 1.82) is 0 Å². The van der Waals surface area contributed by atoms with Crippen molar-refractivity contribution in [2.24, 2.45) is 0 Å². The molecule has 16 heavy (non-hydrogen) atoms. The van der Waals surface area contributed by atoms with E-state index in [1.807, 2.05) is 0 Å². The van der Waals surface area contributed by atoms with E-state index in [1.54, 1.807) is 36.4 Å². The molecule has 3 nitrogen and oxygen atoms in total. The molecule has 0 heterocycles. The quantitative estimate of drug-likeness (QED) is 0.764. The number of carbonyl (C=O) groups is 1. The third-order valence-corrected chi connectivity index (χ3v) is 1.73. The maximum Gasteiger partial charge on any atom is 0.307 e. The van der Waals surface area contributed by atoms with Crippen molar-refractivity contribution in [3.05, 3.63) is 60.7 Å². The van der Waals surface area contributed by atoms with E-state index in [9.17, 15) is 4.79 Å². The lowest BCUT2D eigenvalue weighted by atomic mass is 10.1. The Morgan fingerprint density at radius 3 is 1.88 bits per heavy atom. The van der Waals surface area contributed by atoms with Crippen LogP contribution in [0.25, 0.3) is 0 Å². The van der Waals surface area contributed by atoms with Gasteiger partial charge >= 0.3 is 5.97 Å². The van der Waals surface area contributed by atoms with Crippen molar-refractivity contribution >= 4 is 5.97 Å². The molecule has 1 aromatic rings. The van der Waals surface area contributed by atoms with Gasteiger partial charge in [0.05, 0.1) is 13.0 Å². The van der Waals surface area contributed by atoms with Crippen LogP contribution < -0.4 is 0 Å². The zero-order chi connectivity index (χ0) is 12.4. The Morgan fingerprint density at radius 1 is 1.12 bits per heavy atom. The summed E-state index contributed by atoms with van der Waals surface area (Å²) >= 11 is 0. The van der Waals surface area contributed by atoms with Crippen LogP contribution in [-0.4, -0.2) is 16.2 Å². The summed E-state index contributed by atoms with van der Waals surface area (Å²) in [6.07, 6.45) is 3.31. The maximum absolute atomic E-state index is 10.3. The molecule has 0 atom stereocenters. The predicted molar refractivity (Wildman–Crippen MR) is 64.1 cm³/mol. The number of carboxylic acid groups (broad SMARTS) is 1. The Labute approximate surface area is 95.4 Å². The van der Waals surface area contributed by atoms with Crippen molar-refractivity contribution in [1.82, 2.24) is 0 Å². The minimum atomic E-state index is -0.841. The molecule has 0 amide bonds. The second-order valence-corrected chi connectivity index (χ2v) is 3.02. The molecule has 0 unspecified atom stereocenters. The minimum Gasteiger partial charge on any atom is -0.481 e. The molecule has 1 rings (SSSR count). The van der Waals surface area contributed by atoms with Crippen LogP contribution in [0.2, 0.25) is 0 Å². The second kappa shape index (κ2) is 8.44. The largest absolute Gasteiger partial charge is 0.481 e. The average molecular weight is 220 g/mol. The van der Waals surface area contributed by atoms with Gasteiger partial charge < -0.3 is 10.2 Å². The molecule has 1 aromatic carbocycles. The van der Waals surface area contributed by atoms with E-state index < -0.39 is 5.97 Å². The molecule has 0 saturated carbocycles. The van der Waals surface area contributed by atoms with Crippen LogP contribution in [0.5, 0.6) is 0 Å². The fraction of sp³-hybridized carbons (Fsp3) is 0.154. The van der Waals surface area contributed by atoms with Gasteiger partial charge in [-0.2, -0.15) is 0 Å². The number of aliphatic hydroxyl groups is 1. The van der Waals surface area contributed by atoms with Crippen LogP contribution in [0.3, 0.4) is 0 Å². The van der Waals surface area contributed by atoms with Gasteiger partial charge in [0.25, 0.3) is 0 Å². The smallest absolute Gasteiger partial charge is 0.307 e. The molecule has 0 spiro atoms. The monoisotopic (exact) mass is 220 g/mol. The van der Waals surface area contributed by atoms with Gasteiger partial charge in [0, 0.05) is 0 Å². The number of rotatable bonds is 4. The first-order valence-corrected chi connectivity index (χ1v) is 4.78. The van der Waals surface area contributed by atoms with Crippen LogP contribution in [-0.2, 0) is 17.8 Å². The first kappa shape index (κ1) is 14.1. The minimum absolute atomic E-state index is 0.00660. The highest BCUT2D eigenvalue weighted by molar-refractivity contribution is 5.70. The summed E-state index contributed by atoms with van der Waals surface area (Å²) in [5, 5.41) is 17.1. The summed E-state index contributed by atoms with van der Waals surface area (Å²) in [7, 11) is 0. The standard InChI is InChI=1S/C9H10O3.C4H6/c10-6-8-3-1-7(2-4-8)5-9(11)12;1-3-4-2/h1-4,10H,5-6H2,(H,11,12);3-4H,1-2H2. The summed E-state index contributed by atoms with van der Waals surface area (Å²) in [6, 6.07) is 6.86. The second-order valence-electron chi connectivity index (χ2n) is 3.02. The molecular weight excluding hydrogens is 204 g/mol.